The molecule has 0 spiro atoms. The summed E-state index contributed by atoms with van der Waals surface area (Å²) < 4.78 is 5.72. The predicted molar refractivity (Wildman–Crippen MR) is 118 cm³/mol. The maximum absolute atomic E-state index is 5.72. The molecular weight excluding hydrogens is 328 g/mol. The number of rotatable bonds is 9. The minimum atomic E-state index is 0.500. The van der Waals surface area contributed by atoms with Crippen LogP contribution >= 0.6 is 0 Å². The van der Waals surface area contributed by atoms with Crippen molar-refractivity contribution in [1.29, 1.82) is 0 Å². The molecule has 0 unspecified atom stereocenters. The van der Waals surface area contributed by atoms with Crippen LogP contribution in [0.2, 0.25) is 0 Å². The van der Waals surface area contributed by atoms with Gasteiger partial charge in [0.2, 0.25) is 0 Å². The van der Waals surface area contributed by atoms with E-state index in [-0.39, 0.29) is 0 Å². The molecule has 0 amide bonds. The van der Waals surface area contributed by atoms with Gasteiger partial charge in [0.05, 0.1) is 6.10 Å². The van der Waals surface area contributed by atoms with E-state index in [4.69, 9.17) is 4.74 Å². The molecule has 27 heavy (non-hydrogen) atoms. The summed E-state index contributed by atoms with van der Waals surface area (Å²) in [6.45, 7) is 5.24. The van der Waals surface area contributed by atoms with Crippen molar-refractivity contribution in [2.75, 3.05) is 6.61 Å². The summed E-state index contributed by atoms with van der Waals surface area (Å²) in [5, 5.41) is 0. The van der Waals surface area contributed by atoms with Crippen molar-refractivity contribution in [2.45, 2.75) is 103 Å². The maximum Gasteiger partial charge on any atom is 0.0575 e. The van der Waals surface area contributed by atoms with E-state index in [2.05, 4.69) is 50.0 Å². The number of unbranched alkanes of at least 4 members (excludes halogenated alkanes) is 3. The first kappa shape index (κ1) is 22.3. The average molecular weight is 371 g/mol. The Hall–Kier alpha value is -1.00. The molecule has 152 valence electrons. The smallest absolute Gasteiger partial charge is 0.0575 e. The molecule has 0 bridgehead atoms. The molecule has 0 aromatic rings. The highest BCUT2D eigenvalue weighted by molar-refractivity contribution is 5.24. The van der Waals surface area contributed by atoms with Crippen LogP contribution < -0.4 is 0 Å². The fourth-order valence-corrected chi connectivity index (χ4v) is 4.68. The zero-order valence-electron chi connectivity index (χ0n) is 17.9. The summed E-state index contributed by atoms with van der Waals surface area (Å²) >= 11 is 0. The number of ether oxygens (including phenoxy) is 1. The Balaban J connectivity index is 1.56. The lowest BCUT2D eigenvalue weighted by atomic mass is 9.79. The normalized spacial score (nSPS) is 29.1. The first-order chi connectivity index (χ1) is 13.3. The van der Waals surface area contributed by atoms with Crippen LogP contribution in [0.25, 0.3) is 0 Å². The van der Waals surface area contributed by atoms with Crippen LogP contribution in [0, 0.1) is 29.6 Å². The van der Waals surface area contributed by atoms with Gasteiger partial charge >= 0.3 is 0 Å². The second-order valence-corrected chi connectivity index (χ2v) is 8.63. The van der Waals surface area contributed by atoms with E-state index in [9.17, 15) is 0 Å². The monoisotopic (exact) mass is 370 g/mol. The summed E-state index contributed by atoms with van der Waals surface area (Å²) in [7, 11) is 0. The maximum atomic E-state index is 5.72. The highest BCUT2D eigenvalue weighted by atomic mass is 16.5. The minimum absolute atomic E-state index is 0.500. The van der Waals surface area contributed by atoms with Gasteiger partial charge in [-0.25, -0.2) is 0 Å². The zero-order chi connectivity index (χ0) is 19.2. The summed E-state index contributed by atoms with van der Waals surface area (Å²) in [6, 6.07) is 0. The minimum Gasteiger partial charge on any atom is -0.379 e. The van der Waals surface area contributed by atoms with E-state index in [1.54, 1.807) is 0 Å². The van der Waals surface area contributed by atoms with Gasteiger partial charge in [-0.15, -0.1) is 0 Å². The third-order valence-corrected chi connectivity index (χ3v) is 6.47. The highest BCUT2D eigenvalue weighted by Gasteiger charge is 2.19. The zero-order valence-corrected chi connectivity index (χ0v) is 17.9. The van der Waals surface area contributed by atoms with Gasteiger partial charge < -0.3 is 4.74 Å². The van der Waals surface area contributed by atoms with E-state index in [1.165, 1.54) is 83.5 Å². The molecular formula is C26H42O. The number of hydrogen-bond donors (Lipinski definition) is 0. The largest absolute Gasteiger partial charge is 0.379 e. The van der Waals surface area contributed by atoms with Crippen molar-refractivity contribution in [3.8, 4) is 11.8 Å². The molecule has 0 aliphatic heterocycles. The summed E-state index contributed by atoms with van der Waals surface area (Å²) in [5.41, 5.74) is 0. The molecule has 0 radical (unpaired) electrons. The molecule has 2 saturated carbocycles. The third kappa shape index (κ3) is 9.66. The standard InChI is InChI=1S/C26H42O/c1-3-5-6-9-12-23-15-17-24(18-16-23)13-10-7-8-11-14-25-19-21-26(22-20-25)27-4-2/h10-11,13-14,23-26H,3-6,9,12,15-22H2,1-2H3. The van der Waals surface area contributed by atoms with Gasteiger partial charge in [0, 0.05) is 6.61 Å². The molecule has 1 nitrogen and oxygen atoms in total. The second kappa shape index (κ2) is 14.1. The Labute approximate surface area is 169 Å². The Bertz CT molecular complexity index is 476. The van der Waals surface area contributed by atoms with E-state index < -0.39 is 0 Å². The molecule has 0 aromatic carbocycles. The molecule has 0 atom stereocenters. The van der Waals surface area contributed by atoms with E-state index in [1.807, 2.05) is 0 Å². The fraction of sp³-hybridized carbons (Fsp3) is 0.769. The SMILES string of the molecule is CCCCCCC1CCC(C=CC#CC=CC2CCC(OCC)CC2)CC1. The topological polar surface area (TPSA) is 9.23 Å². The first-order valence-electron chi connectivity index (χ1n) is 11.8. The summed E-state index contributed by atoms with van der Waals surface area (Å²) in [5.74, 6) is 8.90. The highest BCUT2D eigenvalue weighted by Crippen LogP contribution is 2.32. The third-order valence-electron chi connectivity index (χ3n) is 6.47. The number of allylic oxidation sites excluding steroid dienone is 4. The van der Waals surface area contributed by atoms with Gasteiger partial charge in [0.15, 0.2) is 0 Å². The lowest BCUT2D eigenvalue weighted by Gasteiger charge is -2.26. The molecule has 2 rings (SSSR count). The quantitative estimate of drug-likeness (QED) is 0.302. The summed E-state index contributed by atoms with van der Waals surface area (Å²) in [6.07, 6.45) is 27.0. The lowest BCUT2D eigenvalue weighted by Crippen LogP contribution is -2.20. The van der Waals surface area contributed by atoms with Crippen molar-refractivity contribution in [1.82, 2.24) is 0 Å². The van der Waals surface area contributed by atoms with Crippen molar-refractivity contribution in [3.05, 3.63) is 24.3 Å². The Kier molecular flexibility index (Phi) is 11.6. The Morgan fingerprint density at radius 3 is 1.89 bits per heavy atom. The Morgan fingerprint density at radius 1 is 0.741 bits per heavy atom. The van der Waals surface area contributed by atoms with E-state index >= 15 is 0 Å². The van der Waals surface area contributed by atoms with Gasteiger partial charge in [-0.3, -0.25) is 0 Å². The molecule has 2 aliphatic rings. The van der Waals surface area contributed by atoms with Crippen LogP contribution in [-0.2, 0) is 4.74 Å². The molecule has 1 heteroatoms. The lowest BCUT2D eigenvalue weighted by molar-refractivity contribution is 0.0302. The van der Waals surface area contributed by atoms with Gasteiger partial charge in [-0.2, -0.15) is 0 Å². The molecule has 0 aromatic heterocycles. The first-order valence-corrected chi connectivity index (χ1v) is 11.8. The molecule has 0 heterocycles. The van der Waals surface area contributed by atoms with E-state index in [0.717, 1.165) is 18.4 Å². The van der Waals surface area contributed by atoms with Crippen molar-refractivity contribution in [2.24, 2.45) is 17.8 Å². The molecule has 0 N–H and O–H groups in total. The van der Waals surface area contributed by atoms with Gasteiger partial charge in [0.1, 0.15) is 0 Å². The van der Waals surface area contributed by atoms with Crippen molar-refractivity contribution >= 4 is 0 Å². The van der Waals surface area contributed by atoms with E-state index in [0.29, 0.717) is 12.0 Å². The van der Waals surface area contributed by atoms with Crippen molar-refractivity contribution in [3.63, 3.8) is 0 Å². The van der Waals surface area contributed by atoms with Crippen LogP contribution in [0.15, 0.2) is 24.3 Å². The fourth-order valence-electron chi connectivity index (χ4n) is 4.68. The van der Waals surface area contributed by atoms with Crippen LogP contribution in [0.3, 0.4) is 0 Å². The number of hydrogen-bond acceptors (Lipinski definition) is 1. The Morgan fingerprint density at radius 2 is 1.33 bits per heavy atom. The van der Waals surface area contributed by atoms with Gasteiger partial charge in [-0.1, -0.05) is 63.0 Å². The molecule has 2 aliphatic carbocycles. The van der Waals surface area contributed by atoms with Crippen LogP contribution in [0.5, 0.6) is 0 Å². The van der Waals surface area contributed by atoms with Gasteiger partial charge in [-0.05, 0) is 88.2 Å². The van der Waals surface area contributed by atoms with Gasteiger partial charge in [0.25, 0.3) is 0 Å². The van der Waals surface area contributed by atoms with Crippen LogP contribution in [0.4, 0.5) is 0 Å². The van der Waals surface area contributed by atoms with Crippen molar-refractivity contribution < 1.29 is 4.74 Å². The average Bonchev–Trinajstić information content (AvgIpc) is 2.70. The van der Waals surface area contributed by atoms with Crippen LogP contribution in [0.1, 0.15) is 97.3 Å². The van der Waals surface area contributed by atoms with Crippen LogP contribution in [-0.4, -0.2) is 12.7 Å². The molecule has 2 fully saturated rings. The second-order valence-electron chi connectivity index (χ2n) is 8.63. The summed E-state index contributed by atoms with van der Waals surface area (Å²) in [4.78, 5) is 0. The molecule has 0 saturated heterocycles. The predicted octanol–water partition coefficient (Wildman–Crippen LogP) is 7.47.